The Labute approximate surface area is 219 Å². The molecule has 2 fully saturated rings. The zero-order valence-electron chi connectivity index (χ0n) is 22.9. The molecule has 2 N–H and O–H groups in total. The van der Waals surface area contributed by atoms with Gasteiger partial charge in [0.05, 0.1) is 22.6 Å². The van der Waals surface area contributed by atoms with Crippen molar-refractivity contribution >= 4 is 28.8 Å². The molecule has 2 heterocycles. The Balaban J connectivity index is 1.72. The number of carbonyl (C=O) groups is 2. The smallest absolute Gasteiger partial charge is 0.427 e. The average molecular weight is 534 g/mol. The van der Waals surface area contributed by atoms with E-state index in [0.717, 1.165) is 18.9 Å². The molecule has 1 aliphatic carbocycles. The highest BCUT2D eigenvalue weighted by atomic mass is 19.1. The number of ether oxygens (including phenoxy) is 2. The Kier molecular flexibility index (Phi) is 6.96. The summed E-state index contributed by atoms with van der Waals surface area (Å²) in [4.78, 5) is 53.1. The van der Waals surface area contributed by atoms with Gasteiger partial charge in [0, 0.05) is 24.7 Å². The molecule has 2 aliphatic rings. The van der Waals surface area contributed by atoms with Crippen molar-refractivity contribution in [3.63, 3.8) is 0 Å². The van der Waals surface area contributed by atoms with Gasteiger partial charge >= 0.3 is 17.9 Å². The molecule has 2 aromatic rings. The topological polar surface area (TPSA) is 124 Å². The van der Waals surface area contributed by atoms with E-state index in [2.05, 4.69) is 10.7 Å². The highest BCUT2D eigenvalue weighted by Crippen LogP contribution is 2.39. The molecule has 1 aromatic carbocycles. The fourth-order valence-corrected chi connectivity index (χ4v) is 4.75. The third kappa shape index (κ3) is 5.78. The zero-order chi connectivity index (χ0) is 28.2. The number of fused-ring (bicyclic) bond motifs is 1. The number of nitrogens with one attached hydrogen (secondary N) is 2. The quantitative estimate of drug-likeness (QED) is 0.616. The lowest BCUT2D eigenvalue weighted by atomic mass is 10.1. The molecule has 11 nitrogen and oxygen atoms in total. The van der Waals surface area contributed by atoms with Gasteiger partial charge in [0.2, 0.25) is 0 Å². The molecule has 1 unspecified atom stereocenters. The van der Waals surface area contributed by atoms with Crippen molar-refractivity contribution < 1.29 is 23.5 Å². The Hall–Kier alpha value is -3.57. The highest BCUT2D eigenvalue weighted by molar-refractivity contribution is 5.88. The van der Waals surface area contributed by atoms with Crippen molar-refractivity contribution in [3.8, 4) is 0 Å². The van der Waals surface area contributed by atoms with Crippen LogP contribution in [0.5, 0.6) is 0 Å². The van der Waals surface area contributed by atoms with Crippen LogP contribution in [0.25, 0.3) is 10.9 Å². The number of amides is 2. The lowest BCUT2D eigenvalue weighted by Crippen LogP contribution is -2.48. The van der Waals surface area contributed by atoms with Crippen molar-refractivity contribution in [1.29, 1.82) is 0 Å². The molecule has 208 valence electrons. The summed E-state index contributed by atoms with van der Waals surface area (Å²) in [5.41, 5.74) is 0.242. The van der Waals surface area contributed by atoms with Crippen LogP contribution in [0.15, 0.2) is 15.7 Å². The third-order valence-corrected chi connectivity index (χ3v) is 6.27. The van der Waals surface area contributed by atoms with Gasteiger partial charge in [-0.15, -0.1) is 0 Å². The minimum atomic E-state index is -0.965. The number of aromatic nitrogens is 2. The molecule has 0 spiro atoms. The number of hydrogen-bond acceptors (Lipinski definition) is 7. The van der Waals surface area contributed by atoms with E-state index in [9.17, 15) is 19.2 Å². The molecule has 0 bridgehead atoms. The van der Waals surface area contributed by atoms with Gasteiger partial charge in [-0.2, -0.15) is 4.68 Å². The number of nitrogens with zero attached hydrogens (tertiary/aromatic N) is 3. The van der Waals surface area contributed by atoms with Crippen LogP contribution in [0.2, 0.25) is 0 Å². The normalized spacial score (nSPS) is 18.0. The SMILES string of the molecule is Cc1c(N2CCC(NC(=O)OC(C)(C)C)C2)c(F)cc2c(=O)n(NC(=O)OC(C)(C)C)c(=O)n(C3CC3)c12. The van der Waals surface area contributed by atoms with Crippen molar-refractivity contribution in [2.24, 2.45) is 0 Å². The van der Waals surface area contributed by atoms with Crippen molar-refractivity contribution in [1.82, 2.24) is 14.6 Å². The van der Waals surface area contributed by atoms with E-state index >= 15 is 4.39 Å². The van der Waals surface area contributed by atoms with Crippen LogP contribution in [-0.4, -0.2) is 51.8 Å². The van der Waals surface area contributed by atoms with Gasteiger partial charge in [0.15, 0.2) is 0 Å². The molecule has 4 rings (SSSR count). The third-order valence-electron chi connectivity index (χ3n) is 6.27. The van der Waals surface area contributed by atoms with E-state index in [0.29, 0.717) is 35.3 Å². The van der Waals surface area contributed by atoms with Gasteiger partial charge in [-0.25, -0.2) is 24.2 Å². The van der Waals surface area contributed by atoms with Gasteiger partial charge in [-0.05, 0) is 73.8 Å². The number of anilines is 1. The van der Waals surface area contributed by atoms with E-state index in [1.54, 1.807) is 53.4 Å². The number of halogens is 1. The van der Waals surface area contributed by atoms with E-state index in [1.807, 2.05) is 0 Å². The minimum Gasteiger partial charge on any atom is -0.444 e. The van der Waals surface area contributed by atoms with Crippen LogP contribution in [0.4, 0.5) is 19.7 Å². The zero-order valence-corrected chi connectivity index (χ0v) is 22.9. The summed E-state index contributed by atoms with van der Waals surface area (Å²) in [6, 6.07) is 0.686. The predicted molar refractivity (Wildman–Crippen MR) is 141 cm³/mol. The Bertz CT molecular complexity index is 1400. The fourth-order valence-electron chi connectivity index (χ4n) is 4.75. The number of carbonyl (C=O) groups excluding carboxylic acids is 2. The number of rotatable bonds is 4. The summed E-state index contributed by atoms with van der Waals surface area (Å²) in [5, 5.41) is 2.81. The Morgan fingerprint density at radius 3 is 2.18 bits per heavy atom. The van der Waals surface area contributed by atoms with E-state index in [1.165, 1.54) is 4.57 Å². The second-order valence-corrected chi connectivity index (χ2v) is 11.9. The second-order valence-electron chi connectivity index (χ2n) is 11.9. The fraction of sp³-hybridized carbons (Fsp3) is 0.615. The summed E-state index contributed by atoms with van der Waals surface area (Å²) in [6.45, 7) is 12.8. The Morgan fingerprint density at radius 2 is 1.61 bits per heavy atom. The van der Waals surface area contributed by atoms with Gasteiger partial charge in [-0.3, -0.25) is 9.36 Å². The summed E-state index contributed by atoms with van der Waals surface area (Å²) in [6.07, 6.45) is 0.510. The monoisotopic (exact) mass is 533 g/mol. The maximum atomic E-state index is 15.6. The molecule has 0 radical (unpaired) electrons. The van der Waals surface area contributed by atoms with Crippen LogP contribution in [0.1, 0.15) is 72.4 Å². The highest BCUT2D eigenvalue weighted by Gasteiger charge is 2.34. The first kappa shape index (κ1) is 27.5. The lowest BCUT2D eigenvalue weighted by molar-refractivity contribution is 0.0507. The predicted octanol–water partition coefficient (Wildman–Crippen LogP) is 3.53. The average Bonchev–Trinajstić information content (AvgIpc) is 3.48. The summed E-state index contributed by atoms with van der Waals surface area (Å²) in [5.74, 6) is -0.630. The largest absolute Gasteiger partial charge is 0.444 e. The number of alkyl carbamates (subject to hydrolysis) is 1. The van der Waals surface area contributed by atoms with Crippen LogP contribution in [0, 0.1) is 12.7 Å². The number of aryl methyl sites for hydroxylation is 1. The molecule has 1 aromatic heterocycles. The molecular weight excluding hydrogens is 497 g/mol. The summed E-state index contributed by atoms with van der Waals surface area (Å²) < 4.78 is 28.2. The van der Waals surface area contributed by atoms with Crippen LogP contribution < -0.4 is 26.9 Å². The van der Waals surface area contributed by atoms with E-state index in [-0.39, 0.29) is 23.2 Å². The summed E-state index contributed by atoms with van der Waals surface area (Å²) >= 11 is 0. The van der Waals surface area contributed by atoms with Crippen LogP contribution >= 0.6 is 0 Å². The molecule has 12 heteroatoms. The minimum absolute atomic E-state index is 0.0195. The van der Waals surface area contributed by atoms with Gasteiger partial charge < -0.3 is 19.7 Å². The van der Waals surface area contributed by atoms with E-state index in [4.69, 9.17) is 9.47 Å². The van der Waals surface area contributed by atoms with Gasteiger partial charge in [0.1, 0.15) is 17.0 Å². The maximum Gasteiger partial charge on any atom is 0.427 e. The molecule has 1 saturated carbocycles. The molecule has 38 heavy (non-hydrogen) atoms. The van der Waals surface area contributed by atoms with Crippen molar-refractivity contribution in [2.45, 2.75) is 91.0 Å². The first-order valence-electron chi connectivity index (χ1n) is 12.8. The van der Waals surface area contributed by atoms with Gasteiger partial charge in [0.25, 0.3) is 5.56 Å². The molecule has 1 aliphatic heterocycles. The van der Waals surface area contributed by atoms with E-state index < -0.39 is 40.5 Å². The Morgan fingerprint density at radius 1 is 1.00 bits per heavy atom. The van der Waals surface area contributed by atoms with Crippen molar-refractivity contribution in [2.75, 3.05) is 23.4 Å². The standard InChI is InChI=1S/C26H36FN5O6/c1-14-19-17(12-18(27)20(14)30-11-10-15(13-30)28-22(34)37-25(2,3)4)21(33)32(24(36)31(19)16-8-9-16)29-23(35)38-26(5,6)7/h12,15-16H,8-11,13H2,1-7H3,(H,28,34)(H,29,35). The number of benzene rings is 1. The second kappa shape index (κ2) is 9.63. The molecule has 1 saturated heterocycles. The molecule has 1 atom stereocenters. The van der Waals surface area contributed by atoms with Crippen molar-refractivity contribution in [3.05, 3.63) is 38.3 Å². The van der Waals surface area contributed by atoms with Crippen LogP contribution in [0.3, 0.4) is 0 Å². The first-order chi connectivity index (χ1) is 17.6. The number of hydrogen-bond donors (Lipinski definition) is 2. The summed E-state index contributed by atoms with van der Waals surface area (Å²) in [7, 11) is 0. The lowest BCUT2D eigenvalue weighted by Gasteiger charge is -2.25. The molecule has 2 amide bonds. The van der Waals surface area contributed by atoms with Crippen LogP contribution in [-0.2, 0) is 9.47 Å². The first-order valence-corrected chi connectivity index (χ1v) is 12.8. The molecular formula is C26H36FN5O6. The maximum absolute atomic E-state index is 15.6. The van der Waals surface area contributed by atoms with Gasteiger partial charge in [-0.1, -0.05) is 0 Å².